The number of hydrogen-bond acceptors (Lipinski definition) is 2. The third-order valence-electron chi connectivity index (χ3n) is 1.94. The van der Waals surface area contributed by atoms with Gasteiger partial charge < -0.3 is 0 Å². The Balaban J connectivity index is 3.05. The molecule has 0 aromatic heterocycles. The van der Waals surface area contributed by atoms with Gasteiger partial charge in [0.15, 0.2) is 0 Å². The second-order valence-corrected chi connectivity index (χ2v) is 21.1. The number of hydrogen-bond donors (Lipinski definition) is 0. The SMILES string of the molecule is O=S(=O)(c1ccc(CC(Br)(Br)Br)cc1)C(Br)(Br)Br. The molecule has 0 saturated carbocycles. The first-order valence-corrected chi connectivity index (χ1v) is 10.6. The quantitative estimate of drug-likeness (QED) is 0.387. The Morgan fingerprint density at radius 2 is 1.33 bits per heavy atom. The predicted molar refractivity (Wildman–Crippen MR) is 96.4 cm³/mol. The van der Waals surface area contributed by atoms with Crippen molar-refractivity contribution in [3.8, 4) is 0 Å². The van der Waals surface area contributed by atoms with Crippen LogP contribution in [0.5, 0.6) is 0 Å². The van der Waals surface area contributed by atoms with Gasteiger partial charge in [0.1, 0.15) is 2.14 Å². The third kappa shape index (κ3) is 5.11. The fourth-order valence-electron chi connectivity index (χ4n) is 1.15. The van der Waals surface area contributed by atoms with E-state index in [1.807, 2.05) is 0 Å². The van der Waals surface area contributed by atoms with Gasteiger partial charge in [-0.2, -0.15) is 0 Å². The van der Waals surface area contributed by atoms with Crippen LogP contribution >= 0.6 is 95.6 Å². The molecular weight excluding hydrogens is 652 g/mol. The van der Waals surface area contributed by atoms with Crippen LogP contribution in [0.1, 0.15) is 5.56 Å². The summed E-state index contributed by atoms with van der Waals surface area (Å²) < 4.78 is 22.4. The second-order valence-electron chi connectivity index (χ2n) is 3.39. The molecule has 0 amide bonds. The average Bonchev–Trinajstić information content (AvgIpc) is 2.14. The fraction of sp³-hybridized carbons (Fsp3) is 0.333. The summed E-state index contributed by atoms with van der Waals surface area (Å²) in [7, 11) is -3.52. The van der Waals surface area contributed by atoms with Crippen LogP contribution in [0.2, 0.25) is 0 Å². The van der Waals surface area contributed by atoms with E-state index in [0.717, 1.165) is 5.56 Å². The summed E-state index contributed by atoms with van der Waals surface area (Å²) in [5.41, 5.74) is 0.990. The standard InChI is InChI=1S/C9H6Br6O2S/c10-8(11,12)5-6-1-3-7(4-2-6)18(16,17)9(13,14)15/h1-4H,5H2. The number of rotatable bonds is 2. The molecule has 0 radical (unpaired) electrons. The van der Waals surface area contributed by atoms with Crippen LogP contribution < -0.4 is 0 Å². The molecule has 0 aliphatic carbocycles. The van der Waals surface area contributed by atoms with Crippen molar-refractivity contribution in [1.82, 2.24) is 0 Å². The van der Waals surface area contributed by atoms with Crippen molar-refractivity contribution in [3.63, 3.8) is 0 Å². The lowest BCUT2D eigenvalue weighted by atomic mass is 10.2. The topological polar surface area (TPSA) is 34.1 Å². The van der Waals surface area contributed by atoms with E-state index in [9.17, 15) is 8.42 Å². The molecule has 0 bridgehead atoms. The second kappa shape index (κ2) is 6.44. The summed E-state index contributed by atoms with van der Waals surface area (Å²) in [6.45, 7) is 0. The first kappa shape index (κ1) is 18.1. The van der Waals surface area contributed by atoms with Crippen molar-refractivity contribution < 1.29 is 8.42 Å². The highest BCUT2D eigenvalue weighted by atomic mass is 80.0. The Kier molecular flexibility index (Phi) is 6.47. The number of alkyl halides is 6. The van der Waals surface area contributed by atoms with Crippen LogP contribution in [0.3, 0.4) is 0 Å². The van der Waals surface area contributed by atoms with E-state index in [1.165, 1.54) is 0 Å². The minimum atomic E-state index is -3.52. The molecule has 0 heterocycles. The average molecular weight is 658 g/mol. The van der Waals surface area contributed by atoms with Gasteiger partial charge in [-0.3, -0.25) is 0 Å². The molecule has 1 aromatic rings. The zero-order chi connectivity index (χ0) is 14.2. The summed E-state index contributed by atoms with van der Waals surface area (Å²) in [5, 5.41) is 0. The van der Waals surface area contributed by atoms with Crippen LogP contribution in [0, 0.1) is 0 Å². The van der Waals surface area contributed by atoms with Crippen molar-refractivity contribution in [2.24, 2.45) is 0 Å². The van der Waals surface area contributed by atoms with E-state index in [2.05, 4.69) is 95.6 Å². The van der Waals surface area contributed by atoms with E-state index in [-0.39, 0.29) is 7.04 Å². The lowest BCUT2D eigenvalue weighted by Gasteiger charge is -2.15. The Labute approximate surface area is 156 Å². The van der Waals surface area contributed by atoms with Gasteiger partial charge in [0.25, 0.3) is 0 Å². The normalized spacial score (nSPS) is 13.7. The summed E-state index contributed by atoms with van der Waals surface area (Å²) in [6, 6.07) is 6.68. The van der Waals surface area contributed by atoms with Crippen LogP contribution in [-0.4, -0.2) is 12.0 Å². The molecule has 1 rings (SSSR count). The van der Waals surface area contributed by atoms with Crippen LogP contribution in [0.4, 0.5) is 0 Å². The molecule has 0 aliphatic heterocycles. The number of halogens is 6. The van der Waals surface area contributed by atoms with Gasteiger partial charge >= 0.3 is 0 Å². The molecule has 0 aliphatic rings. The third-order valence-corrected chi connectivity index (χ3v) is 8.12. The van der Waals surface area contributed by atoms with Crippen molar-refractivity contribution in [2.45, 2.75) is 14.9 Å². The van der Waals surface area contributed by atoms with Crippen molar-refractivity contribution >= 4 is 105 Å². The highest BCUT2D eigenvalue weighted by Gasteiger charge is 2.37. The minimum Gasteiger partial charge on any atom is -0.220 e. The van der Waals surface area contributed by atoms with E-state index in [1.54, 1.807) is 24.3 Å². The molecule has 102 valence electrons. The van der Waals surface area contributed by atoms with Gasteiger partial charge in [-0.05, 0) is 65.5 Å². The molecule has 1 aromatic carbocycles. The smallest absolute Gasteiger partial charge is 0.220 e. The first-order valence-electron chi connectivity index (χ1n) is 4.40. The maximum absolute atomic E-state index is 12.1. The highest BCUT2D eigenvalue weighted by molar-refractivity contribution is 9.42. The number of benzene rings is 1. The first-order chi connectivity index (χ1) is 7.93. The Hall–Kier alpha value is 2.05. The largest absolute Gasteiger partial charge is 0.239 e. The molecule has 0 fully saturated rings. The maximum Gasteiger partial charge on any atom is 0.239 e. The summed E-state index contributed by atoms with van der Waals surface area (Å²) in [6.07, 6.45) is 0.662. The molecule has 0 N–H and O–H groups in total. The molecule has 9 heteroatoms. The van der Waals surface area contributed by atoms with Gasteiger partial charge in [-0.25, -0.2) is 8.42 Å². The predicted octanol–water partition coefficient (Wildman–Crippen LogP) is 5.64. The lowest BCUT2D eigenvalue weighted by molar-refractivity contribution is 0.599. The summed E-state index contributed by atoms with van der Waals surface area (Å²) in [5.74, 6) is 0. The Morgan fingerprint density at radius 3 is 1.67 bits per heavy atom. The van der Waals surface area contributed by atoms with Gasteiger partial charge in [-0.1, -0.05) is 59.9 Å². The molecule has 18 heavy (non-hydrogen) atoms. The zero-order valence-corrected chi connectivity index (χ0v) is 18.8. The van der Waals surface area contributed by atoms with Gasteiger partial charge in [0.05, 0.1) is 4.90 Å². The van der Waals surface area contributed by atoms with Gasteiger partial charge in [0.2, 0.25) is 11.3 Å². The minimum absolute atomic E-state index is 0.223. The summed E-state index contributed by atoms with van der Waals surface area (Å²) in [4.78, 5) is 0.223. The van der Waals surface area contributed by atoms with Crippen molar-refractivity contribution in [2.75, 3.05) is 0 Å². The zero-order valence-electron chi connectivity index (χ0n) is 8.51. The van der Waals surface area contributed by atoms with E-state index < -0.39 is 11.3 Å². The van der Waals surface area contributed by atoms with Crippen LogP contribution in [0.15, 0.2) is 29.2 Å². The van der Waals surface area contributed by atoms with Gasteiger partial charge in [0, 0.05) is 6.42 Å². The molecule has 0 unspecified atom stereocenters. The lowest BCUT2D eigenvalue weighted by Crippen LogP contribution is -2.17. The molecule has 0 saturated heterocycles. The van der Waals surface area contributed by atoms with E-state index in [0.29, 0.717) is 6.42 Å². The fourth-order valence-corrected chi connectivity index (χ4v) is 4.57. The molecule has 2 nitrogen and oxygen atoms in total. The number of sulfone groups is 1. The van der Waals surface area contributed by atoms with Crippen LogP contribution in [-0.2, 0) is 16.3 Å². The molecule has 0 spiro atoms. The monoisotopic (exact) mass is 652 g/mol. The van der Waals surface area contributed by atoms with Crippen molar-refractivity contribution in [1.29, 1.82) is 0 Å². The summed E-state index contributed by atoms with van der Waals surface area (Å²) >= 11 is 19.3. The Bertz CT molecular complexity index is 511. The van der Waals surface area contributed by atoms with E-state index >= 15 is 0 Å². The van der Waals surface area contributed by atoms with E-state index in [4.69, 9.17) is 0 Å². The molecular formula is C9H6Br6O2S. The molecule has 0 atom stereocenters. The Morgan fingerprint density at radius 1 is 0.889 bits per heavy atom. The van der Waals surface area contributed by atoms with Gasteiger partial charge in [-0.15, -0.1) is 0 Å². The maximum atomic E-state index is 12.1. The van der Waals surface area contributed by atoms with Crippen LogP contribution in [0.25, 0.3) is 0 Å². The highest BCUT2D eigenvalue weighted by Crippen LogP contribution is 2.43. The van der Waals surface area contributed by atoms with Crippen molar-refractivity contribution in [3.05, 3.63) is 29.8 Å².